The molecule has 0 saturated heterocycles. The predicted octanol–water partition coefficient (Wildman–Crippen LogP) is 0.140. The Kier molecular flexibility index (Phi) is 2.38. The number of halogens is 1. The third-order valence-corrected chi connectivity index (χ3v) is 0.282. The van der Waals surface area contributed by atoms with Crippen LogP contribution in [0.5, 0.6) is 0 Å². The SMILES string of the molecule is O=C=CC(=O)Cl. The molecule has 0 rings (SSSR count). The van der Waals surface area contributed by atoms with Crippen LogP contribution in [0.3, 0.4) is 0 Å². The highest BCUT2D eigenvalue weighted by Gasteiger charge is 1.79. The van der Waals surface area contributed by atoms with Gasteiger partial charge in [-0.25, -0.2) is 4.79 Å². The lowest BCUT2D eigenvalue weighted by Gasteiger charge is -1.57. The third-order valence-electron chi connectivity index (χ3n) is 0.172. The van der Waals surface area contributed by atoms with Crippen molar-refractivity contribution in [2.75, 3.05) is 0 Å². The molecule has 0 radical (unpaired) electrons. The van der Waals surface area contributed by atoms with Gasteiger partial charge < -0.3 is 0 Å². The van der Waals surface area contributed by atoms with Crippen LogP contribution in [0, 0.1) is 0 Å². The van der Waals surface area contributed by atoms with Crippen molar-refractivity contribution in [3.05, 3.63) is 6.08 Å². The van der Waals surface area contributed by atoms with Crippen LogP contribution in [-0.2, 0) is 9.59 Å². The van der Waals surface area contributed by atoms with Gasteiger partial charge in [-0.15, -0.1) is 0 Å². The zero-order chi connectivity index (χ0) is 4.99. The molecular formula is C3HClO2. The predicted molar refractivity (Wildman–Crippen MR) is 21.1 cm³/mol. The Morgan fingerprint density at radius 2 is 2.33 bits per heavy atom. The van der Waals surface area contributed by atoms with Gasteiger partial charge in [0.15, 0.2) is 0 Å². The summed E-state index contributed by atoms with van der Waals surface area (Å²) >= 11 is 4.62. The van der Waals surface area contributed by atoms with Crippen molar-refractivity contribution in [3.8, 4) is 0 Å². The Balaban J connectivity index is 3.60. The van der Waals surface area contributed by atoms with Gasteiger partial charge in [-0.05, 0) is 11.6 Å². The van der Waals surface area contributed by atoms with Gasteiger partial charge in [0, 0.05) is 0 Å². The van der Waals surface area contributed by atoms with Crippen LogP contribution in [0.4, 0.5) is 0 Å². The van der Waals surface area contributed by atoms with E-state index in [1.54, 1.807) is 0 Å². The van der Waals surface area contributed by atoms with Gasteiger partial charge in [-0.1, -0.05) is 0 Å². The molecule has 0 aliphatic heterocycles. The maximum Gasteiger partial charge on any atom is 0.256 e. The summed E-state index contributed by atoms with van der Waals surface area (Å²) in [5.41, 5.74) is 0. The van der Waals surface area contributed by atoms with Crippen molar-refractivity contribution >= 4 is 22.8 Å². The number of hydrogen-bond acceptors (Lipinski definition) is 2. The summed E-state index contributed by atoms with van der Waals surface area (Å²) in [5.74, 6) is 1.21. The van der Waals surface area contributed by atoms with E-state index in [2.05, 4.69) is 11.6 Å². The lowest BCUT2D eigenvalue weighted by Crippen LogP contribution is -1.71. The molecule has 32 valence electrons. The van der Waals surface area contributed by atoms with Crippen molar-refractivity contribution in [1.29, 1.82) is 0 Å². The highest BCUT2D eigenvalue weighted by atomic mass is 35.5. The Hall–Kier alpha value is -0.590. The Labute approximate surface area is 39.4 Å². The van der Waals surface area contributed by atoms with Gasteiger partial charge in [-0.2, -0.15) is 0 Å². The van der Waals surface area contributed by atoms with E-state index in [1.807, 2.05) is 0 Å². The monoisotopic (exact) mass is 104 g/mol. The first-order chi connectivity index (χ1) is 2.77. The van der Waals surface area contributed by atoms with E-state index in [9.17, 15) is 4.79 Å². The van der Waals surface area contributed by atoms with Gasteiger partial charge >= 0.3 is 0 Å². The quantitative estimate of drug-likeness (QED) is 0.269. The number of rotatable bonds is 1. The van der Waals surface area contributed by atoms with E-state index in [0.29, 0.717) is 6.08 Å². The average molecular weight is 104 g/mol. The second-order valence-electron chi connectivity index (χ2n) is 0.566. The summed E-state index contributed by atoms with van der Waals surface area (Å²) in [7, 11) is 0. The summed E-state index contributed by atoms with van der Waals surface area (Å²) in [6.45, 7) is 0. The molecule has 0 N–H and O–H groups in total. The number of hydrogen-bond donors (Lipinski definition) is 0. The molecule has 0 bridgehead atoms. The summed E-state index contributed by atoms with van der Waals surface area (Å²) in [6, 6.07) is 0. The fraction of sp³-hybridized carbons (Fsp3) is 0. The molecule has 0 atom stereocenters. The molecule has 0 unspecified atom stereocenters. The van der Waals surface area contributed by atoms with Crippen molar-refractivity contribution < 1.29 is 9.59 Å². The molecule has 0 aliphatic rings. The van der Waals surface area contributed by atoms with Crippen LogP contribution in [0.25, 0.3) is 0 Å². The Morgan fingerprint density at radius 3 is 2.33 bits per heavy atom. The number of allylic oxidation sites excluding steroid dienone is 1. The average Bonchev–Trinajstić information content (AvgIpc) is 1.35. The molecular weight excluding hydrogens is 103 g/mol. The van der Waals surface area contributed by atoms with Gasteiger partial charge in [0.1, 0.15) is 5.94 Å². The van der Waals surface area contributed by atoms with Crippen molar-refractivity contribution in [2.24, 2.45) is 0 Å². The molecule has 2 nitrogen and oxygen atoms in total. The zero-order valence-electron chi connectivity index (χ0n) is 2.77. The van der Waals surface area contributed by atoms with Crippen LogP contribution >= 0.6 is 11.6 Å². The summed E-state index contributed by atoms with van der Waals surface area (Å²) in [4.78, 5) is 18.6. The lowest BCUT2D eigenvalue weighted by atomic mass is 10.7. The minimum atomic E-state index is -0.787. The molecule has 0 aromatic carbocycles. The molecule has 0 aromatic rings. The van der Waals surface area contributed by atoms with Gasteiger partial charge in [-0.3, -0.25) is 4.79 Å². The zero-order valence-corrected chi connectivity index (χ0v) is 3.53. The van der Waals surface area contributed by atoms with Crippen molar-refractivity contribution in [3.63, 3.8) is 0 Å². The van der Waals surface area contributed by atoms with Gasteiger partial charge in [0.05, 0.1) is 6.08 Å². The van der Waals surface area contributed by atoms with Crippen LogP contribution < -0.4 is 0 Å². The maximum atomic E-state index is 9.49. The van der Waals surface area contributed by atoms with E-state index in [-0.39, 0.29) is 0 Å². The maximum absolute atomic E-state index is 9.49. The molecule has 0 spiro atoms. The molecule has 0 saturated carbocycles. The summed E-state index contributed by atoms with van der Waals surface area (Å²) < 4.78 is 0. The molecule has 0 aliphatic carbocycles. The van der Waals surface area contributed by atoms with Crippen LogP contribution in [-0.4, -0.2) is 11.2 Å². The van der Waals surface area contributed by atoms with E-state index < -0.39 is 5.24 Å². The van der Waals surface area contributed by atoms with Crippen LogP contribution in [0.2, 0.25) is 0 Å². The highest BCUT2D eigenvalue weighted by molar-refractivity contribution is 6.67. The molecule has 3 heteroatoms. The number of carbonyl (C=O) groups is 1. The van der Waals surface area contributed by atoms with Crippen molar-refractivity contribution in [2.45, 2.75) is 0 Å². The second-order valence-corrected chi connectivity index (χ2v) is 0.939. The standard InChI is InChI=1S/C3HClO2/c4-3(6)1-2-5/h1H. The van der Waals surface area contributed by atoms with Crippen LogP contribution in [0.1, 0.15) is 0 Å². The lowest BCUT2D eigenvalue weighted by molar-refractivity contribution is -0.107. The molecule has 6 heavy (non-hydrogen) atoms. The van der Waals surface area contributed by atoms with E-state index in [1.165, 1.54) is 5.94 Å². The Morgan fingerprint density at radius 1 is 1.83 bits per heavy atom. The first-order valence-corrected chi connectivity index (χ1v) is 1.55. The topological polar surface area (TPSA) is 34.1 Å². The molecule has 0 aromatic heterocycles. The third kappa shape index (κ3) is 3.41. The van der Waals surface area contributed by atoms with Gasteiger partial charge in [0.25, 0.3) is 5.24 Å². The fourth-order valence-electron chi connectivity index (χ4n) is 0.0463. The van der Waals surface area contributed by atoms with E-state index >= 15 is 0 Å². The van der Waals surface area contributed by atoms with Crippen LogP contribution in [0.15, 0.2) is 6.08 Å². The smallest absolute Gasteiger partial charge is 0.256 e. The number of carbonyl (C=O) groups excluding carboxylic acids is 2. The minimum Gasteiger partial charge on any atom is -0.275 e. The van der Waals surface area contributed by atoms with Gasteiger partial charge in [0.2, 0.25) is 0 Å². The fourth-order valence-corrected chi connectivity index (χ4v) is 0.0909. The Bertz CT molecular complexity index is 101. The normalized spacial score (nSPS) is 6.17. The first-order valence-electron chi connectivity index (χ1n) is 1.17. The van der Waals surface area contributed by atoms with E-state index in [4.69, 9.17) is 4.79 Å². The first kappa shape index (κ1) is 5.41. The minimum absolute atomic E-state index is 0.613. The summed E-state index contributed by atoms with van der Waals surface area (Å²) in [6.07, 6.45) is 0.613. The molecule has 0 fully saturated rings. The highest BCUT2D eigenvalue weighted by Crippen LogP contribution is 1.73. The molecule has 0 amide bonds. The van der Waals surface area contributed by atoms with E-state index in [0.717, 1.165) is 0 Å². The molecule has 0 heterocycles. The van der Waals surface area contributed by atoms with Crippen molar-refractivity contribution in [1.82, 2.24) is 0 Å². The summed E-state index contributed by atoms with van der Waals surface area (Å²) in [5, 5.41) is -0.787. The second kappa shape index (κ2) is 2.64. The largest absolute Gasteiger partial charge is 0.275 e.